The minimum atomic E-state index is -2.22. The van der Waals surface area contributed by atoms with E-state index in [1.54, 1.807) is 0 Å². The Bertz CT molecular complexity index is 2000. The second kappa shape index (κ2) is 16.6. The van der Waals surface area contributed by atoms with Crippen molar-refractivity contribution in [1.82, 2.24) is 0 Å². The second-order valence-corrected chi connectivity index (χ2v) is 30.7. The normalized spacial score (nSPS) is 16.9. The van der Waals surface area contributed by atoms with Crippen LogP contribution in [-0.4, -0.2) is 32.2 Å². The van der Waals surface area contributed by atoms with Crippen LogP contribution in [0.1, 0.15) is 96.8 Å². The number of aryl methyl sites for hydroxylation is 1. The zero-order chi connectivity index (χ0) is 37.4. The first kappa shape index (κ1) is 39.6. The minimum absolute atomic E-state index is 0. The van der Waals surface area contributed by atoms with Gasteiger partial charge >= 0.3 is 210 Å². The number of carbonyl (C=O) groups is 1. The van der Waals surface area contributed by atoms with Crippen LogP contribution in [-0.2, 0) is 38.0 Å². The van der Waals surface area contributed by atoms with Crippen molar-refractivity contribution in [2.24, 2.45) is 18.9 Å². The minimum Gasteiger partial charge on any atom is 0 e. The fraction of sp³-hybridized carbons (Fsp3) is 0.422. The molecule has 1 unspecified atom stereocenters. The number of allylic oxidation sites excluding steroid dienone is 2. The first-order valence-corrected chi connectivity index (χ1v) is 28.9. The van der Waals surface area contributed by atoms with Crippen molar-refractivity contribution >= 4 is 58.7 Å². The van der Waals surface area contributed by atoms with Crippen LogP contribution in [0.3, 0.4) is 0 Å². The summed E-state index contributed by atoms with van der Waals surface area (Å²) >= 11 is -1.90. The maximum atomic E-state index is 11.7. The number of aliphatic hydroxyl groups excluding tert-OH is 1. The van der Waals surface area contributed by atoms with Gasteiger partial charge in [0.2, 0.25) is 0 Å². The molecule has 0 saturated carbocycles. The maximum absolute atomic E-state index is 11.7. The van der Waals surface area contributed by atoms with Gasteiger partial charge in [0.05, 0.1) is 5.76 Å². The monoisotopic (exact) mass is 941 g/mol. The molecule has 0 amide bonds. The fourth-order valence-electron chi connectivity index (χ4n) is 8.23. The largest absolute Gasteiger partial charge is 0 e. The summed E-state index contributed by atoms with van der Waals surface area (Å²) in [5.74, 6) is 8.32. The van der Waals surface area contributed by atoms with Crippen LogP contribution in [0.25, 0.3) is 33.3 Å². The average Bonchev–Trinajstić information content (AvgIpc) is 3.31. The molecule has 2 aliphatic heterocycles. The number of nitrogens with zero attached hydrogens (tertiary/aromatic N) is 1. The zero-order valence-corrected chi connectivity index (χ0v) is 38.2. The average molecular weight is 940 g/mol. The maximum Gasteiger partial charge on any atom is 0 e. The van der Waals surface area contributed by atoms with Crippen LogP contribution >= 0.6 is 0 Å². The Morgan fingerprint density at radius 3 is 2.16 bits per heavy atom. The van der Waals surface area contributed by atoms with Crippen molar-refractivity contribution in [3.05, 3.63) is 101 Å². The number of pyridine rings is 1. The number of carbonyl (C=O) groups excluding carboxylic acids is 1. The topological polar surface area (TPSA) is 41.2 Å². The summed E-state index contributed by atoms with van der Waals surface area (Å²) < 4.78 is 13.3. The number of hydrogen-bond donors (Lipinski definition) is 1. The van der Waals surface area contributed by atoms with Crippen LogP contribution < -0.4 is 14.1 Å². The molecule has 273 valence electrons. The van der Waals surface area contributed by atoms with Crippen molar-refractivity contribution in [2.75, 3.05) is 0 Å². The smallest absolute Gasteiger partial charge is 0 e. The molecule has 1 N–H and O–H groups in total. The Morgan fingerprint density at radius 1 is 0.980 bits per heavy atom. The Kier molecular flexibility index (Phi) is 12.9. The van der Waals surface area contributed by atoms with Crippen LogP contribution in [0, 0.1) is 17.9 Å². The molecule has 3 aromatic carbocycles. The standard InChI is InChI=1S/C32H35GeNSi.C13H24O2.Ir/c1-21(2)30-26-11-9-8-10-23(26)18-27-28(30)20-35(7)29(19-24-16-17-34(6)31(27)32(24)35)22-12-14-25(15-13-22)33(3,4)5;1-5-10(6-2)12(14)9-13(15)11(7-3)8-4;/h8-17,19,21H,20H2,1-7H3;9-11,14H,5-8H2,1-4H3;/b;12-9-;/i19D;;. The summed E-state index contributed by atoms with van der Waals surface area (Å²) in [6.45, 7) is 15.2. The molecule has 0 fully saturated rings. The second-order valence-electron chi connectivity index (χ2n) is 16.0. The van der Waals surface area contributed by atoms with Gasteiger partial charge in [0, 0.05) is 38.0 Å². The number of hydrogen-bond acceptors (Lipinski definition) is 2. The number of rotatable bonds is 10. The Balaban J connectivity index is 0.000000323. The molecule has 0 aliphatic carbocycles. The van der Waals surface area contributed by atoms with E-state index >= 15 is 0 Å². The molecule has 0 bridgehead atoms. The van der Waals surface area contributed by atoms with E-state index in [0.717, 1.165) is 43.3 Å². The molecule has 0 spiro atoms. The van der Waals surface area contributed by atoms with Crippen LogP contribution in [0.2, 0.25) is 23.8 Å². The van der Waals surface area contributed by atoms with E-state index in [0.29, 0.717) is 5.92 Å². The molecule has 3 heterocycles. The third-order valence-corrected chi connectivity index (χ3v) is 19.8. The van der Waals surface area contributed by atoms with Crippen molar-refractivity contribution in [3.63, 3.8) is 0 Å². The van der Waals surface area contributed by atoms with Gasteiger partial charge in [-0.2, -0.15) is 0 Å². The number of aromatic nitrogens is 1. The molecule has 4 aromatic rings. The first-order valence-electron chi connectivity index (χ1n) is 19.4. The van der Waals surface area contributed by atoms with Crippen molar-refractivity contribution in [1.29, 1.82) is 0 Å². The van der Waals surface area contributed by atoms with Crippen LogP contribution in [0.15, 0.2) is 72.6 Å². The van der Waals surface area contributed by atoms with Gasteiger partial charge in [0.15, 0.2) is 5.78 Å². The molecule has 6 rings (SSSR count). The van der Waals surface area contributed by atoms with E-state index in [-0.39, 0.29) is 43.5 Å². The molecular weight excluding hydrogens is 879 g/mol. The van der Waals surface area contributed by atoms with Gasteiger partial charge in [-0.1, -0.05) is 33.8 Å². The SMILES string of the molecule is CCC(CC)C(=O)/C=C(\O)C(CC)CC.[2H]C1=C(c2cc[c]([Ge]([CH3])([CH3])[CH3])cc2)[Si]2(C)Cc3c([c-]c4ccccc4c3C(C)C)-c3c2c1cc[n+]3C.[Ir]. The fourth-order valence-corrected chi connectivity index (χ4v) is 15.1. The van der Waals surface area contributed by atoms with Crippen molar-refractivity contribution in [3.8, 4) is 11.3 Å². The third-order valence-electron chi connectivity index (χ3n) is 11.3. The van der Waals surface area contributed by atoms with Crippen LogP contribution in [0.4, 0.5) is 0 Å². The van der Waals surface area contributed by atoms with Crippen molar-refractivity contribution in [2.45, 2.75) is 103 Å². The Hall–Kier alpha value is -2.57. The molecule has 6 heteroatoms. The van der Waals surface area contributed by atoms with Gasteiger partial charge in [0.1, 0.15) is 0 Å². The van der Waals surface area contributed by atoms with Gasteiger partial charge in [-0.15, -0.1) is 0 Å². The summed E-state index contributed by atoms with van der Waals surface area (Å²) in [6.07, 6.45) is 7.06. The van der Waals surface area contributed by atoms with E-state index in [1.165, 1.54) is 59.6 Å². The molecule has 3 nitrogen and oxygen atoms in total. The quantitative estimate of drug-likeness (QED) is 0.0566. The van der Waals surface area contributed by atoms with Gasteiger partial charge in [-0.3, -0.25) is 4.79 Å². The number of aliphatic hydroxyl groups is 1. The summed E-state index contributed by atoms with van der Waals surface area (Å²) in [5, 5.41) is 15.0. The molecule has 2 aliphatic rings. The molecule has 51 heavy (non-hydrogen) atoms. The number of fused-ring (bicyclic) bond motifs is 3. The number of ketones is 1. The van der Waals surface area contributed by atoms with E-state index in [2.05, 4.69) is 116 Å². The molecule has 1 atom stereocenters. The van der Waals surface area contributed by atoms with Crippen molar-refractivity contribution < 1.29 is 35.9 Å². The molecule has 0 saturated heterocycles. The molecular formula is C45H59GeIrNO2Si. The predicted octanol–water partition coefficient (Wildman–Crippen LogP) is 10.1. The zero-order valence-electron chi connectivity index (χ0n) is 33.8. The Morgan fingerprint density at radius 2 is 1.59 bits per heavy atom. The molecule has 1 aromatic heterocycles. The van der Waals surface area contributed by atoms with Crippen LogP contribution in [0.5, 0.6) is 0 Å². The summed E-state index contributed by atoms with van der Waals surface area (Å²) in [7, 11) is -0.0456. The summed E-state index contributed by atoms with van der Waals surface area (Å²) in [5.41, 5.74) is 7.88. The van der Waals surface area contributed by atoms with E-state index in [9.17, 15) is 11.3 Å². The van der Waals surface area contributed by atoms with E-state index < -0.39 is 21.3 Å². The van der Waals surface area contributed by atoms with Gasteiger partial charge in [0.25, 0.3) is 0 Å². The number of benzene rings is 3. The van der Waals surface area contributed by atoms with E-state index in [1.807, 2.05) is 27.7 Å². The summed E-state index contributed by atoms with van der Waals surface area (Å²) in [6, 6.07) is 25.9. The van der Waals surface area contributed by atoms with Gasteiger partial charge < -0.3 is 5.11 Å². The first-order chi connectivity index (χ1) is 24.1. The van der Waals surface area contributed by atoms with Gasteiger partial charge in [-0.05, 0) is 25.7 Å². The predicted molar refractivity (Wildman–Crippen MR) is 220 cm³/mol. The van der Waals surface area contributed by atoms with Gasteiger partial charge in [-0.25, -0.2) is 0 Å². The summed E-state index contributed by atoms with van der Waals surface area (Å²) in [4.78, 5) is 11.7. The van der Waals surface area contributed by atoms with E-state index in [4.69, 9.17) is 0 Å². The molecule has 1 radical (unpaired) electrons. The Labute approximate surface area is 326 Å². The third kappa shape index (κ3) is 8.03.